The van der Waals surface area contributed by atoms with Crippen molar-refractivity contribution in [2.75, 3.05) is 13.6 Å². The summed E-state index contributed by atoms with van der Waals surface area (Å²) >= 11 is 0. The van der Waals surface area contributed by atoms with Crippen LogP contribution >= 0.6 is 0 Å². The molecule has 0 fully saturated rings. The fourth-order valence-electron chi connectivity index (χ4n) is 1.89. The average Bonchev–Trinajstić information content (AvgIpc) is 2.57. The Morgan fingerprint density at radius 1 is 1.60 bits per heavy atom. The maximum Gasteiger partial charge on any atom is 0.141 e. The summed E-state index contributed by atoms with van der Waals surface area (Å²) in [6, 6.07) is 0. The van der Waals surface area contributed by atoms with Gasteiger partial charge < -0.3 is 14.2 Å². The average molecular weight is 208 g/mol. The van der Waals surface area contributed by atoms with Crippen LogP contribution in [0.3, 0.4) is 0 Å². The lowest BCUT2D eigenvalue weighted by Crippen LogP contribution is -2.26. The van der Waals surface area contributed by atoms with Crippen LogP contribution in [0.4, 0.5) is 0 Å². The number of hydrogen-bond acceptors (Lipinski definition) is 4. The summed E-state index contributed by atoms with van der Waals surface area (Å²) in [7, 11) is 2.09. The third kappa shape index (κ3) is 2.26. The number of carbonyl (C=O) groups excluding carboxylic acids is 1. The third-order valence-corrected chi connectivity index (χ3v) is 2.81. The van der Waals surface area contributed by atoms with Gasteiger partial charge in [-0.3, -0.25) is 0 Å². The number of rotatable bonds is 3. The fraction of sp³-hybridized carbons (Fsp3) is 0.636. The zero-order valence-electron chi connectivity index (χ0n) is 9.25. The van der Waals surface area contributed by atoms with Gasteiger partial charge >= 0.3 is 0 Å². The van der Waals surface area contributed by atoms with Gasteiger partial charge in [-0.1, -0.05) is 5.16 Å². The van der Waals surface area contributed by atoms with E-state index < -0.39 is 0 Å². The van der Waals surface area contributed by atoms with Gasteiger partial charge in [0.15, 0.2) is 0 Å². The standard InChI is InChI=1S/C11H16N2O2/c1-8(14)3-4-11-9-7-13(2)6-5-10(9)12-15-11/h3-7H2,1-2H3. The van der Waals surface area contributed by atoms with E-state index in [0.717, 1.165) is 31.0 Å². The van der Waals surface area contributed by atoms with Crippen LogP contribution in [0, 0.1) is 0 Å². The lowest BCUT2D eigenvalue weighted by atomic mass is 10.0. The van der Waals surface area contributed by atoms with Gasteiger partial charge in [0.1, 0.15) is 11.5 Å². The number of fused-ring (bicyclic) bond motifs is 1. The molecule has 1 aromatic heterocycles. The van der Waals surface area contributed by atoms with Crippen LogP contribution in [0.25, 0.3) is 0 Å². The topological polar surface area (TPSA) is 46.3 Å². The number of hydrogen-bond donors (Lipinski definition) is 0. The minimum absolute atomic E-state index is 0.198. The van der Waals surface area contributed by atoms with Crippen molar-refractivity contribution < 1.29 is 9.32 Å². The summed E-state index contributed by atoms with van der Waals surface area (Å²) in [6.45, 7) is 3.53. The predicted octanol–water partition coefficient (Wildman–Crippen LogP) is 1.18. The SMILES string of the molecule is CC(=O)CCc1onc2c1CN(C)CC2. The molecule has 4 nitrogen and oxygen atoms in total. The molecule has 0 saturated heterocycles. The Balaban J connectivity index is 2.12. The molecule has 0 aromatic carbocycles. The third-order valence-electron chi connectivity index (χ3n) is 2.81. The van der Waals surface area contributed by atoms with E-state index in [4.69, 9.17) is 4.52 Å². The molecule has 0 amide bonds. The first-order valence-electron chi connectivity index (χ1n) is 5.31. The molecule has 0 bridgehead atoms. The van der Waals surface area contributed by atoms with E-state index in [0.29, 0.717) is 12.8 Å². The molecule has 0 atom stereocenters. The Labute approximate surface area is 89.2 Å². The van der Waals surface area contributed by atoms with Gasteiger partial charge in [0.2, 0.25) is 0 Å². The molecule has 2 heterocycles. The van der Waals surface area contributed by atoms with E-state index in [-0.39, 0.29) is 5.78 Å². The predicted molar refractivity (Wildman–Crippen MR) is 55.5 cm³/mol. The molecule has 0 radical (unpaired) electrons. The van der Waals surface area contributed by atoms with E-state index >= 15 is 0 Å². The Kier molecular flexibility index (Phi) is 2.86. The molecular formula is C11H16N2O2. The lowest BCUT2D eigenvalue weighted by molar-refractivity contribution is -0.117. The first-order valence-corrected chi connectivity index (χ1v) is 5.31. The van der Waals surface area contributed by atoms with Gasteiger partial charge in [0, 0.05) is 37.9 Å². The van der Waals surface area contributed by atoms with Gasteiger partial charge in [0.25, 0.3) is 0 Å². The second-order valence-electron chi connectivity index (χ2n) is 4.22. The number of likely N-dealkylation sites (N-methyl/N-ethyl adjacent to an activating group) is 1. The summed E-state index contributed by atoms with van der Waals surface area (Å²) in [6.07, 6.45) is 2.19. The van der Waals surface area contributed by atoms with Crippen molar-refractivity contribution in [1.29, 1.82) is 0 Å². The molecule has 0 unspecified atom stereocenters. The molecule has 0 spiro atoms. The van der Waals surface area contributed by atoms with Crippen LogP contribution in [-0.2, 0) is 24.2 Å². The highest BCUT2D eigenvalue weighted by Crippen LogP contribution is 2.22. The number of ketones is 1. The zero-order chi connectivity index (χ0) is 10.8. The second-order valence-corrected chi connectivity index (χ2v) is 4.22. The summed E-state index contributed by atoms with van der Waals surface area (Å²) in [5.74, 6) is 1.09. The number of Topliss-reactive ketones (excluding diaryl/α,β-unsaturated/α-hetero) is 1. The highest BCUT2D eigenvalue weighted by Gasteiger charge is 2.21. The normalized spacial score (nSPS) is 16.4. The summed E-state index contributed by atoms with van der Waals surface area (Å²) in [5.41, 5.74) is 2.27. The Morgan fingerprint density at radius 2 is 2.40 bits per heavy atom. The second kappa shape index (κ2) is 4.14. The maximum atomic E-state index is 10.9. The largest absolute Gasteiger partial charge is 0.361 e. The Hall–Kier alpha value is -1.16. The lowest BCUT2D eigenvalue weighted by Gasteiger charge is -2.21. The minimum atomic E-state index is 0.198. The maximum absolute atomic E-state index is 10.9. The molecule has 0 N–H and O–H groups in total. The number of nitrogens with zero attached hydrogens (tertiary/aromatic N) is 2. The minimum Gasteiger partial charge on any atom is -0.361 e. The molecule has 1 aliphatic rings. The summed E-state index contributed by atoms with van der Waals surface area (Å²) in [4.78, 5) is 13.1. The van der Waals surface area contributed by atoms with Crippen molar-refractivity contribution in [2.24, 2.45) is 0 Å². The molecule has 4 heteroatoms. The molecule has 0 saturated carbocycles. The molecule has 2 rings (SSSR count). The Morgan fingerprint density at radius 3 is 3.13 bits per heavy atom. The zero-order valence-corrected chi connectivity index (χ0v) is 9.25. The van der Waals surface area contributed by atoms with Crippen molar-refractivity contribution in [3.63, 3.8) is 0 Å². The van der Waals surface area contributed by atoms with E-state index in [1.54, 1.807) is 6.92 Å². The van der Waals surface area contributed by atoms with Crippen molar-refractivity contribution in [1.82, 2.24) is 10.1 Å². The van der Waals surface area contributed by atoms with E-state index in [1.165, 1.54) is 5.56 Å². The fourth-order valence-corrected chi connectivity index (χ4v) is 1.89. The van der Waals surface area contributed by atoms with Crippen LogP contribution < -0.4 is 0 Å². The summed E-state index contributed by atoms with van der Waals surface area (Å²) < 4.78 is 5.29. The monoisotopic (exact) mass is 208 g/mol. The van der Waals surface area contributed by atoms with Crippen molar-refractivity contribution >= 4 is 5.78 Å². The first kappa shape index (κ1) is 10.4. The van der Waals surface area contributed by atoms with Gasteiger partial charge in [0.05, 0.1) is 5.69 Å². The van der Waals surface area contributed by atoms with Crippen LogP contribution in [-0.4, -0.2) is 29.4 Å². The van der Waals surface area contributed by atoms with Gasteiger partial charge in [-0.05, 0) is 14.0 Å². The quantitative estimate of drug-likeness (QED) is 0.748. The number of aromatic nitrogens is 1. The first-order chi connectivity index (χ1) is 7.16. The van der Waals surface area contributed by atoms with Crippen LogP contribution in [0.1, 0.15) is 30.4 Å². The van der Waals surface area contributed by atoms with Crippen LogP contribution in [0.15, 0.2) is 4.52 Å². The van der Waals surface area contributed by atoms with Crippen molar-refractivity contribution in [3.05, 3.63) is 17.0 Å². The highest BCUT2D eigenvalue weighted by molar-refractivity contribution is 5.75. The number of carbonyl (C=O) groups is 1. The van der Waals surface area contributed by atoms with Crippen molar-refractivity contribution in [2.45, 2.75) is 32.7 Å². The van der Waals surface area contributed by atoms with Gasteiger partial charge in [-0.15, -0.1) is 0 Å². The van der Waals surface area contributed by atoms with Crippen LogP contribution in [0.5, 0.6) is 0 Å². The smallest absolute Gasteiger partial charge is 0.141 e. The molecule has 0 aliphatic carbocycles. The molecule has 82 valence electrons. The highest BCUT2D eigenvalue weighted by atomic mass is 16.5. The molecular weight excluding hydrogens is 192 g/mol. The van der Waals surface area contributed by atoms with Gasteiger partial charge in [-0.2, -0.15) is 0 Å². The number of aryl methyl sites for hydroxylation is 1. The van der Waals surface area contributed by atoms with Crippen LogP contribution in [0.2, 0.25) is 0 Å². The molecule has 1 aliphatic heterocycles. The van der Waals surface area contributed by atoms with Gasteiger partial charge in [-0.25, -0.2) is 0 Å². The van der Waals surface area contributed by atoms with Crippen molar-refractivity contribution in [3.8, 4) is 0 Å². The summed E-state index contributed by atoms with van der Waals surface area (Å²) in [5, 5.41) is 4.06. The van der Waals surface area contributed by atoms with E-state index in [9.17, 15) is 4.79 Å². The Bertz CT molecular complexity index is 371. The van der Waals surface area contributed by atoms with E-state index in [2.05, 4.69) is 17.1 Å². The molecule has 1 aromatic rings. The van der Waals surface area contributed by atoms with E-state index in [1.807, 2.05) is 0 Å². The molecule has 15 heavy (non-hydrogen) atoms.